The summed E-state index contributed by atoms with van der Waals surface area (Å²) in [6, 6.07) is -3.97. The predicted octanol–water partition coefficient (Wildman–Crippen LogP) is -2.63. The first-order valence-electron chi connectivity index (χ1n) is 11.1. The summed E-state index contributed by atoms with van der Waals surface area (Å²) in [7, 11) is 0. The molecule has 1 aliphatic rings. The molecule has 3 amide bonds. The molecule has 1 saturated heterocycles. The van der Waals surface area contributed by atoms with Gasteiger partial charge in [0, 0.05) is 6.54 Å². The van der Waals surface area contributed by atoms with Crippen molar-refractivity contribution >= 4 is 29.7 Å². The van der Waals surface area contributed by atoms with Crippen molar-refractivity contribution in [3.05, 3.63) is 0 Å². The standard InChI is InChI=1S/C20H37N7O6/c1-3-11(2)15(19(32)33)27-18(31)14(10-28)26-17(30)13(7-5-9-24-20(21)22)25-16(29)12-6-4-8-23-12/h11-15,23,28H,3-10H2,1-2H3,(H,25,29)(H,26,30)(H,27,31)(H,32,33)(H4,21,22,24). The summed E-state index contributed by atoms with van der Waals surface area (Å²) in [5.74, 6) is -3.53. The van der Waals surface area contributed by atoms with Crippen molar-refractivity contribution in [1.29, 1.82) is 0 Å². The molecule has 0 aromatic rings. The first-order valence-corrected chi connectivity index (χ1v) is 11.1. The first-order chi connectivity index (χ1) is 15.6. The molecule has 33 heavy (non-hydrogen) atoms. The van der Waals surface area contributed by atoms with Gasteiger partial charge in [-0.05, 0) is 38.1 Å². The minimum Gasteiger partial charge on any atom is -0.480 e. The maximum absolute atomic E-state index is 12.9. The summed E-state index contributed by atoms with van der Waals surface area (Å²) in [5, 5.41) is 29.5. The number of aliphatic hydroxyl groups is 1. The summed E-state index contributed by atoms with van der Waals surface area (Å²) in [6.45, 7) is 3.65. The van der Waals surface area contributed by atoms with Gasteiger partial charge in [-0.2, -0.15) is 0 Å². The number of rotatable bonds is 14. The maximum atomic E-state index is 12.9. The molecule has 5 unspecified atom stereocenters. The van der Waals surface area contributed by atoms with Gasteiger partial charge in [0.1, 0.15) is 18.1 Å². The van der Waals surface area contributed by atoms with Crippen molar-refractivity contribution in [1.82, 2.24) is 21.3 Å². The van der Waals surface area contributed by atoms with Crippen LogP contribution in [0.2, 0.25) is 0 Å². The second-order valence-electron chi connectivity index (χ2n) is 8.11. The van der Waals surface area contributed by atoms with Crippen LogP contribution in [0.15, 0.2) is 4.99 Å². The quantitative estimate of drug-likeness (QED) is 0.0752. The number of hydrogen-bond donors (Lipinski definition) is 8. The zero-order valence-corrected chi connectivity index (χ0v) is 19.2. The molecular weight excluding hydrogens is 434 g/mol. The Morgan fingerprint density at radius 2 is 1.79 bits per heavy atom. The molecule has 1 rings (SSSR count). The van der Waals surface area contributed by atoms with E-state index in [0.717, 1.165) is 6.42 Å². The highest BCUT2D eigenvalue weighted by molar-refractivity contribution is 5.94. The zero-order valence-electron chi connectivity index (χ0n) is 19.2. The highest BCUT2D eigenvalue weighted by Gasteiger charge is 2.32. The second kappa shape index (κ2) is 14.3. The van der Waals surface area contributed by atoms with Gasteiger partial charge in [0.15, 0.2) is 5.96 Å². The number of carboxylic acid groups (broad SMARTS) is 1. The lowest BCUT2D eigenvalue weighted by molar-refractivity contribution is -0.144. The van der Waals surface area contributed by atoms with Crippen LogP contribution in [0, 0.1) is 5.92 Å². The third kappa shape index (κ3) is 9.61. The Morgan fingerprint density at radius 3 is 2.30 bits per heavy atom. The zero-order chi connectivity index (χ0) is 25.0. The van der Waals surface area contributed by atoms with Crippen LogP contribution in [0.25, 0.3) is 0 Å². The van der Waals surface area contributed by atoms with Gasteiger partial charge < -0.3 is 42.9 Å². The molecule has 13 heteroatoms. The van der Waals surface area contributed by atoms with Gasteiger partial charge in [-0.15, -0.1) is 0 Å². The summed E-state index contributed by atoms with van der Waals surface area (Å²) in [5.41, 5.74) is 10.6. The molecule has 0 radical (unpaired) electrons. The number of aliphatic carboxylic acids is 1. The van der Waals surface area contributed by atoms with E-state index in [-0.39, 0.29) is 30.8 Å². The lowest BCUT2D eigenvalue weighted by atomic mass is 9.99. The lowest BCUT2D eigenvalue weighted by Crippen LogP contribution is -2.58. The number of nitrogens with zero attached hydrogens (tertiary/aromatic N) is 1. The van der Waals surface area contributed by atoms with Crippen molar-refractivity contribution in [2.45, 2.75) is 70.1 Å². The van der Waals surface area contributed by atoms with E-state index in [1.165, 1.54) is 0 Å². The Labute approximate surface area is 193 Å². The number of nitrogens with one attached hydrogen (secondary N) is 4. The molecule has 0 aromatic heterocycles. The normalized spacial score (nSPS) is 18.9. The smallest absolute Gasteiger partial charge is 0.326 e. The van der Waals surface area contributed by atoms with Crippen LogP contribution in [0.1, 0.15) is 46.0 Å². The largest absolute Gasteiger partial charge is 0.480 e. The molecule has 0 saturated carbocycles. The number of aliphatic imine (C=N–C) groups is 1. The molecule has 0 spiro atoms. The summed E-state index contributed by atoms with van der Waals surface area (Å²) in [6.07, 6.45) is 2.55. The Hall–Kier alpha value is -2.93. The van der Waals surface area contributed by atoms with E-state index in [9.17, 15) is 29.4 Å². The number of carbonyl (C=O) groups is 4. The van der Waals surface area contributed by atoms with Crippen LogP contribution in [0.3, 0.4) is 0 Å². The minimum atomic E-state index is -1.38. The number of amides is 3. The fraction of sp³-hybridized carbons (Fsp3) is 0.750. The van der Waals surface area contributed by atoms with E-state index in [1.807, 2.05) is 0 Å². The maximum Gasteiger partial charge on any atom is 0.326 e. The van der Waals surface area contributed by atoms with E-state index in [1.54, 1.807) is 13.8 Å². The van der Waals surface area contributed by atoms with Gasteiger partial charge in [0.25, 0.3) is 0 Å². The fourth-order valence-electron chi connectivity index (χ4n) is 3.36. The third-order valence-electron chi connectivity index (χ3n) is 5.55. The highest BCUT2D eigenvalue weighted by atomic mass is 16.4. The summed E-state index contributed by atoms with van der Waals surface area (Å²) >= 11 is 0. The molecule has 0 aliphatic carbocycles. The lowest BCUT2D eigenvalue weighted by Gasteiger charge is -2.25. The fourth-order valence-corrected chi connectivity index (χ4v) is 3.36. The van der Waals surface area contributed by atoms with Crippen molar-refractivity contribution in [3.63, 3.8) is 0 Å². The number of hydrogen-bond acceptors (Lipinski definition) is 7. The average molecular weight is 472 g/mol. The Balaban J connectivity index is 2.84. The minimum absolute atomic E-state index is 0.0958. The van der Waals surface area contributed by atoms with Crippen molar-refractivity contribution in [3.8, 4) is 0 Å². The molecule has 5 atom stereocenters. The topological polar surface area (TPSA) is 221 Å². The molecule has 0 aromatic carbocycles. The first kappa shape index (κ1) is 28.1. The summed E-state index contributed by atoms with van der Waals surface area (Å²) < 4.78 is 0. The number of aliphatic hydroxyl groups excluding tert-OH is 1. The number of carbonyl (C=O) groups excluding carboxylic acids is 3. The number of guanidine groups is 1. The highest BCUT2D eigenvalue weighted by Crippen LogP contribution is 2.09. The number of nitrogens with two attached hydrogens (primary N) is 2. The van der Waals surface area contributed by atoms with E-state index in [0.29, 0.717) is 25.8 Å². The summed E-state index contributed by atoms with van der Waals surface area (Å²) in [4.78, 5) is 53.2. The van der Waals surface area contributed by atoms with Gasteiger partial charge in [-0.25, -0.2) is 4.79 Å². The van der Waals surface area contributed by atoms with Crippen LogP contribution in [-0.2, 0) is 19.2 Å². The molecule has 1 heterocycles. The third-order valence-corrected chi connectivity index (χ3v) is 5.55. The van der Waals surface area contributed by atoms with Crippen molar-refractivity contribution < 1.29 is 29.4 Å². The van der Waals surface area contributed by atoms with Gasteiger partial charge in [-0.3, -0.25) is 19.4 Å². The Morgan fingerprint density at radius 1 is 1.12 bits per heavy atom. The van der Waals surface area contributed by atoms with Crippen LogP contribution in [0.5, 0.6) is 0 Å². The SMILES string of the molecule is CCC(C)C(NC(=O)C(CO)NC(=O)C(CCCN=C(N)N)NC(=O)C1CCCN1)C(=O)O. The Bertz CT molecular complexity index is 707. The monoisotopic (exact) mass is 471 g/mol. The molecule has 1 fully saturated rings. The molecule has 0 bridgehead atoms. The predicted molar refractivity (Wildman–Crippen MR) is 121 cm³/mol. The average Bonchev–Trinajstić information content (AvgIpc) is 3.31. The molecular formula is C20H37N7O6. The van der Waals surface area contributed by atoms with Crippen molar-refractivity contribution in [2.75, 3.05) is 19.7 Å². The number of carboxylic acids is 1. The second-order valence-corrected chi connectivity index (χ2v) is 8.11. The van der Waals surface area contributed by atoms with Gasteiger partial charge in [0.2, 0.25) is 17.7 Å². The van der Waals surface area contributed by atoms with E-state index in [4.69, 9.17) is 11.5 Å². The van der Waals surface area contributed by atoms with E-state index in [2.05, 4.69) is 26.3 Å². The van der Waals surface area contributed by atoms with Crippen LogP contribution < -0.4 is 32.7 Å². The van der Waals surface area contributed by atoms with E-state index >= 15 is 0 Å². The van der Waals surface area contributed by atoms with E-state index < -0.39 is 48.6 Å². The molecule has 1 aliphatic heterocycles. The molecule has 10 N–H and O–H groups in total. The van der Waals surface area contributed by atoms with Crippen molar-refractivity contribution in [2.24, 2.45) is 22.4 Å². The van der Waals surface area contributed by atoms with Crippen LogP contribution >= 0.6 is 0 Å². The van der Waals surface area contributed by atoms with Crippen LogP contribution in [-0.4, -0.2) is 83.7 Å². The molecule has 13 nitrogen and oxygen atoms in total. The molecule has 188 valence electrons. The van der Waals surface area contributed by atoms with Gasteiger partial charge in [0.05, 0.1) is 12.6 Å². The Kier molecular flexibility index (Phi) is 12.1. The van der Waals surface area contributed by atoms with Crippen LogP contribution in [0.4, 0.5) is 0 Å². The van der Waals surface area contributed by atoms with Gasteiger partial charge in [-0.1, -0.05) is 20.3 Å². The van der Waals surface area contributed by atoms with Gasteiger partial charge >= 0.3 is 5.97 Å².